The zero-order valence-corrected chi connectivity index (χ0v) is 27.2. The van der Waals surface area contributed by atoms with E-state index in [-0.39, 0.29) is 76.4 Å². The topological polar surface area (TPSA) is 122 Å². The zero-order valence-electron chi connectivity index (χ0n) is 27.2. The molecule has 1 aromatic rings. The first kappa shape index (κ1) is 41.1. The van der Waals surface area contributed by atoms with E-state index in [2.05, 4.69) is 10.1 Å². The molecule has 0 aliphatic carbocycles. The van der Waals surface area contributed by atoms with E-state index in [1.807, 2.05) is 20.8 Å². The van der Waals surface area contributed by atoms with Crippen molar-refractivity contribution in [3.63, 3.8) is 0 Å². The van der Waals surface area contributed by atoms with Crippen molar-refractivity contribution in [1.29, 1.82) is 0 Å². The molecule has 1 atom stereocenters. The van der Waals surface area contributed by atoms with Crippen molar-refractivity contribution in [3.8, 4) is 5.75 Å². The van der Waals surface area contributed by atoms with E-state index in [0.717, 1.165) is 0 Å². The summed E-state index contributed by atoms with van der Waals surface area (Å²) in [5.74, 6) is -14.4. The summed E-state index contributed by atoms with van der Waals surface area (Å²) in [6.45, 7) is 11.2. The first-order valence-corrected chi connectivity index (χ1v) is 14.8. The Kier molecular flexibility index (Phi) is 18.8. The molecule has 16 heteroatoms. The van der Waals surface area contributed by atoms with Crippen LogP contribution in [0, 0.1) is 35.0 Å². The molecule has 0 aromatic heterocycles. The Labute approximate surface area is 265 Å². The maximum absolute atomic E-state index is 13.5. The third-order valence-corrected chi connectivity index (χ3v) is 6.91. The maximum atomic E-state index is 13.5. The molecule has 0 saturated carbocycles. The Hall–Kier alpha value is -2.92. The lowest BCUT2D eigenvalue weighted by atomic mass is 9.99. The summed E-state index contributed by atoms with van der Waals surface area (Å²) < 4.78 is 97.2. The molecule has 0 unspecified atom stereocenters. The van der Waals surface area contributed by atoms with Gasteiger partial charge in [-0.3, -0.25) is 14.4 Å². The van der Waals surface area contributed by atoms with Crippen LogP contribution in [0.25, 0.3) is 0 Å². The molecular weight excluding hydrogens is 627 g/mol. The summed E-state index contributed by atoms with van der Waals surface area (Å²) in [6.07, 6.45) is -0.377. The molecule has 0 fully saturated rings. The van der Waals surface area contributed by atoms with Crippen molar-refractivity contribution < 1.29 is 64.8 Å². The maximum Gasteiger partial charge on any atom is 0.313 e. The Morgan fingerprint density at radius 1 is 0.652 bits per heavy atom. The van der Waals surface area contributed by atoms with Gasteiger partial charge in [0, 0.05) is 13.1 Å². The summed E-state index contributed by atoms with van der Waals surface area (Å²) in [5.41, 5.74) is -1.00. The fourth-order valence-corrected chi connectivity index (χ4v) is 3.32. The highest BCUT2D eigenvalue weighted by molar-refractivity contribution is 5.90. The molecule has 0 bridgehead atoms. The Balaban J connectivity index is 2.01. The first-order valence-electron chi connectivity index (χ1n) is 14.8. The summed E-state index contributed by atoms with van der Waals surface area (Å²) in [4.78, 5) is 38.2. The lowest BCUT2D eigenvalue weighted by Gasteiger charge is -2.35. The van der Waals surface area contributed by atoms with Crippen molar-refractivity contribution in [2.24, 2.45) is 5.92 Å². The number of nitrogens with one attached hydrogen (secondary N) is 1. The first-order chi connectivity index (χ1) is 21.6. The Morgan fingerprint density at radius 2 is 1.02 bits per heavy atom. The normalized spacial score (nSPS) is 12.3. The quantitative estimate of drug-likeness (QED) is 0.0465. The molecule has 0 saturated heterocycles. The van der Waals surface area contributed by atoms with Gasteiger partial charge < -0.3 is 38.6 Å². The van der Waals surface area contributed by atoms with Crippen LogP contribution in [0.1, 0.15) is 47.5 Å². The van der Waals surface area contributed by atoms with Crippen LogP contribution >= 0.6 is 0 Å². The largest absolute Gasteiger partial charge is 0.420 e. The minimum absolute atomic E-state index is 0.0153. The van der Waals surface area contributed by atoms with Crippen molar-refractivity contribution >= 4 is 17.8 Å². The van der Waals surface area contributed by atoms with Gasteiger partial charge in [-0.05, 0) is 26.7 Å². The third-order valence-electron chi connectivity index (χ3n) is 6.91. The predicted molar refractivity (Wildman–Crippen MR) is 154 cm³/mol. The van der Waals surface area contributed by atoms with E-state index >= 15 is 0 Å². The standard InChI is InChI=1S/C30H45F5N2O9/c1-19(2)20(3)36-29(40)30(4,5)37(6)21(38)7-9-41-11-13-43-15-17-45-18-16-44-14-12-42-10-8-22(39)46-28-26(34)24(32)23(31)25(33)27(28)35/h19-20H,7-18H2,1-6H3,(H,36,40)/t20-/m1/s1. The summed E-state index contributed by atoms with van der Waals surface area (Å²) in [7, 11) is 1.59. The highest BCUT2D eigenvalue weighted by atomic mass is 19.2. The van der Waals surface area contributed by atoms with Gasteiger partial charge in [0.25, 0.3) is 0 Å². The molecule has 0 aliphatic heterocycles. The van der Waals surface area contributed by atoms with Crippen LogP contribution in [0.5, 0.6) is 5.75 Å². The number of carbonyl (C=O) groups is 3. The summed E-state index contributed by atoms with van der Waals surface area (Å²) in [5, 5.41) is 2.94. The van der Waals surface area contributed by atoms with E-state index in [9.17, 15) is 36.3 Å². The van der Waals surface area contributed by atoms with Gasteiger partial charge in [-0.15, -0.1) is 0 Å². The highest BCUT2D eigenvalue weighted by Crippen LogP contribution is 2.29. The number of benzene rings is 1. The van der Waals surface area contributed by atoms with Crippen LogP contribution in [0.15, 0.2) is 0 Å². The molecule has 0 aliphatic rings. The molecule has 0 radical (unpaired) electrons. The number of hydrogen-bond donors (Lipinski definition) is 1. The van der Waals surface area contributed by atoms with Gasteiger partial charge in [0.05, 0.1) is 78.9 Å². The molecule has 264 valence electrons. The average Bonchev–Trinajstić information content (AvgIpc) is 3.01. The number of nitrogens with zero attached hydrogens (tertiary/aromatic N) is 1. The minimum atomic E-state index is -2.36. The van der Waals surface area contributed by atoms with Crippen LogP contribution in [0.4, 0.5) is 22.0 Å². The number of amides is 2. The van der Waals surface area contributed by atoms with E-state index in [1.54, 1.807) is 20.9 Å². The summed E-state index contributed by atoms with van der Waals surface area (Å²) in [6, 6.07) is -0.0153. The smallest absolute Gasteiger partial charge is 0.313 e. The lowest BCUT2D eigenvalue weighted by molar-refractivity contribution is -0.145. The number of ether oxygens (including phenoxy) is 6. The number of rotatable bonds is 23. The number of likely N-dealkylation sites (N-methyl/N-ethyl adjacent to an activating group) is 1. The molecule has 11 nitrogen and oxygen atoms in total. The molecule has 0 spiro atoms. The van der Waals surface area contributed by atoms with Gasteiger partial charge >= 0.3 is 5.97 Å². The second kappa shape index (κ2) is 21.1. The van der Waals surface area contributed by atoms with E-state index < -0.39 is 52.8 Å². The molecule has 1 N–H and O–H groups in total. The molecule has 0 heterocycles. The molecular formula is C30H45F5N2O9. The van der Waals surface area contributed by atoms with Gasteiger partial charge in [0.15, 0.2) is 0 Å². The van der Waals surface area contributed by atoms with Crippen molar-refractivity contribution in [2.45, 2.75) is 59.0 Å². The van der Waals surface area contributed by atoms with E-state index in [4.69, 9.17) is 23.7 Å². The Morgan fingerprint density at radius 3 is 1.43 bits per heavy atom. The monoisotopic (exact) mass is 672 g/mol. The Bertz CT molecular complexity index is 1100. The van der Waals surface area contributed by atoms with Crippen LogP contribution in [0.3, 0.4) is 0 Å². The van der Waals surface area contributed by atoms with Gasteiger partial charge in [-0.1, -0.05) is 13.8 Å². The molecule has 46 heavy (non-hydrogen) atoms. The number of esters is 1. The van der Waals surface area contributed by atoms with Crippen molar-refractivity contribution in [3.05, 3.63) is 29.1 Å². The van der Waals surface area contributed by atoms with Crippen LogP contribution in [0.2, 0.25) is 0 Å². The van der Waals surface area contributed by atoms with Crippen molar-refractivity contribution in [1.82, 2.24) is 10.2 Å². The van der Waals surface area contributed by atoms with Crippen LogP contribution < -0.4 is 10.1 Å². The highest BCUT2D eigenvalue weighted by Gasteiger charge is 2.36. The van der Waals surface area contributed by atoms with E-state index in [0.29, 0.717) is 19.8 Å². The third kappa shape index (κ3) is 13.8. The van der Waals surface area contributed by atoms with Gasteiger partial charge in [0.2, 0.25) is 46.6 Å². The van der Waals surface area contributed by atoms with Crippen LogP contribution in [-0.4, -0.2) is 107 Å². The lowest BCUT2D eigenvalue weighted by Crippen LogP contribution is -2.57. The van der Waals surface area contributed by atoms with Gasteiger partial charge in [-0.25, -0.2) is 13.2 Å². The van der Waals surface area contributed by atoms with Gasteiger partial charge in [0.1, 0.15) is 5.54 Å². The van der Waals surface area contributed by atoms with Crippen molar-refractivity contribution in [2.75, 3.05) is 73.1 Å². The predicted octanol–water partition coefficient (Wildman–Crippen LogP) is 3.55. The fraction of sp³-hybridized carbons (Fsp3) is 0.700. The number of carbonyl (C=O) groups excluding carboxylic acids is 3. The molecule has 2 amide bonds. The molecule has 1 aromatic carbocycles. The number of hydrogen-bond acceptors (Lipinski definition) is 9. The average molecular weight is 673 g/mol. The second-order valence-electron chi connectivity index (χ2n) is 11.0. The fourth-order valence-electron chi connectivity index (χ4n) is 3.32. The minimum Gasteiger partial charge on any atom is -0.420 e. The zero-order chi connectivity index (χ0) is 34.9. The number of halogens is 5. The van der Waals surface area contributed by atoms with Gasteiger partial charge in [-0.2, -0.15) is 8.78 Å². The second-order valence-corrected chi connectivity index (χ2v) is 11.0. The SMILES string of the molecule is CC(C)[C@@H](C)NC(=O)C(C)(C)N(C)C(=O)CCOCCOCCOCCOCCOCCC(=O)Oc1c(F)c(F)c(F)c(F)c1F. The van der Waals surface area contributed by atoms with Crippen LogP contribution in [-0.2, 0) is 38.1 Å². The van der Waals surface area contributed by atoms with E-state index in [1.165, 1.54) is 4.90 Å². The summed E-state index contributed by atoms with van der Waals surface area (Å²) >= 11 is 0. The molecule has 1 rings (SSSR count).